The van der Waals surface area contributed by atoms with Crippen LogP contribution in [0.1, 0.15) is 17.5 Å². The summed E-state index contributed by atoms with van der Waals surface area (Å²) in [6.07, 6.45) is 2.33. The van der Waals surface area contributed by atoms with E-state index < -0.39 is 40.3 Å². The van der Waals surface area contributed by atoms with E-state index in [1.807, 2.05) is 0 Å². The van der Waals surface area contributed by atoms with Gasteiger partial charge in [0.25, 0.3) is 11.8 Å². The molecule has 0 aliphatic carbocycles. The van der Waals surface area contributed by atoms with Crippen LogP contribution in [0, 0.1) is 0 Å². The highest BCUT2D eigenvalue weighted by molar-refractivity contribution is 7.90. The number of hydrogen-bond donors (Lipinski definition) is 2. The van der Waals surface area contributed by atoms with Crippen molar-refractivity contribution >= 4 is 33.3 Å². The molecule has 0 fully saturated rings. The van der Waals surface area contributed by atoms with Gasteiger partial charge in [-0.3, -0.25) is 9.59 Å². The lowest BCUT2D eigenvalue weighted by Crippen LogP contribution is -2.40. The molecule has 0 aliphatic heterocycles. The number of ether oxygens (including phenoxy) is 1. The molecule has 0 bridgehead atoms. The number of carbonyl (C=O) groups excluding carboxylic acids is 3. The van der Waals surface area contributed by atoms with Crippen molar-refractivity contribution in [1.29, 1.82) is 0 Å². The number of amides is 2. The number of hydrogen-bond acceptors (Lipinski definition) is 7. The predicted octanol–water partition coefficient (Wildman–Crippen LogP) is 0.983. The van der Waals surface area contributed by atoms with E-state index >= 15 is 0 Å². The van der Waals surface area contributed by atoms with Crippen LogP contribution in [0.4, 0.5) is 5.69 Å². The first-order valence-electron chi connectivity index (χ1n) is 7.78. The molecule has 2 N–H and O–H groups in total. The Bertz CT molecular complexity index is 936. The summed E-state index contributed by atoms with van der Waals surface area (Å²) in [5.41, 5.74) is 0.0835. The minimum absolute atomic E-state index is 0.0322. The largest absolute Gasteiger partial charge is 0.459 e. The monoisotopic (exact) mass is 394 g/mol. The van der Waals surface area contributed by atoms with Gasteiger partial charge in [-0.25, -0.2) is 13.2 Å². The number of furan rings is 1. The van der Waals surface area contributed by atoms with E-state index in [1.54, 1.807) is 6.07 Å². The maximum Gasteiger partial charge on any atom is 0.328 e. The van der Waals surface area contributed by atoms with Crippen LogP contribution in [0.25, 0.3) is 0 Å². The van der Waals surface area contributed by atoms with Crippen LogP contribution in [-0.2, 0) is 24.2 Å². The quantitative estimate of drug-likeness (QED) is 0.669. The molecule has 0 aliphatic rings. The Labute approximate surface area is 155 Å². The normalized spacial score (nSPS) is 12.1. The smallest absolute Gasteiger partial charge is 0.328 e. The van der Waals surface area contributed by atoms with E-state index in [4.69, 9.17) is 9.15 Å². The summed E-state index contributed by atoms with van der Waals surface area (Å²) in [6.45, 7) is 0.748. The molecule has 1 aromatic heterocycles. The zero-order chi connectivity index (χ0) is 20.0. The van der Waals surface area contributed by atoms with Crippen molar-refractivity contribution in [2.75, 3.05) is 18.2 Å². The van der Waals surface area contributed by atoms with Gasteiger partial charge >= 0.3 is 5.97 Å². The second-order valence-electron chi connectivity index (χ2n) is 5.60. The number of sulfone groups is 1. The fourth-order valence-corrected chi connectivity index (χ4v) is 2.92. The highest BCUT2D eigenvalue weighted by Crippen LogP contribution is 2.20. The Morgan fingerprint density at radius 3 is 2.48 bits per heavy atom. The molecular weight excluding hydrogens is 376 g/mol. The molecule has 1 heterocycles. The number of benzene rings is 1. The molecule has 1 atom stereocenters. The van der Waals surface area contributed by atoms with Crippen LogP contribution >= 0.6 is 0 Å². The topological polar surface area (TPSA) is 132 Å². The third-order valence-corrected chi connectivity index (χ3v) is 4.51. The van der Waals surface area contributed by atoms with Crippen molar-refractivity contribution < 1.29 is 32.0 Å². The van der Waals surface area contributed by atoms with Crippen LogP contribution in [0.15, 0.2) is 52.0 Å². The minimum Gasteiger partial charge on any atom is -0.459 e. The van der Waals surface area contributed by atoms with Crippen molar-refractivity contribution in [3.05, 3.63) is 48.4 Å². The summed E-state index contributed by atoms with van der Waals surface area (Å²) in [5.74, 6) is -2.12. The lowest BCUT2D eigenvalue weighted by atomic mass is 10.3. The number of nitrogens with one attached hydrogen (secondary N) is 2. The zero-order valence-electron chi connectivity index (χ0n) is 14.6. The van der Waals surface area contributed by atoms with Crippen LogP contribution in [0.2, 0.25) is 0 Å². The van der Waals surface area contributed by atoms with Crippen molar-refractivity contribution in [3.63, 3.8) is 0 Å². The summed E-state index contributed by atoms with van der Waals surface area (Å²) < 4.78 is 33.1. The van der Waals surface area contributed by atoms with Gasteiger partial charge in [0.05, 0.1) is 16.8 Å². The average Bonchev–Trinajstić information content (AvgIpc) is 3.14. The Kier molecular flexibility index (Phi) is 6.35. The first-order chi connectivity index (χ1) is 12.7. The third-order valence-electron chi connectivity index (χ3n) is 3.35. The van der Waals surface area contributed by atoms with Crippen molar-refractivity contribution in [3.8, 4) is 0 Å². The molecule has 0 saturated heterocycles. The first-order valence-corrected chi connectivity index (χ1v) is 9.67. The lowest BCUT2D eigenvalue weighted by Gasteiger charge is -2.13. The second kappa shape index (κ2) is 8.49. The van der Waals surface area contributed by atoms with Gasteiger partial charge in [-0.05, 0) is 31.2 Å². The molecule has 0 radical (unpaired) electrons. The van der Waals surface area contributed by atoms with E-state index in [2.05, 4.69) is 10.6 Å². The molecule has 9 nitrogen and oxygen atoms in total. The summed E-state index contributed by atoms with van der Waals surface area (Å²) in [4.78, 5) is 35.6. The van der Waals surface area contributed by atoms with E-state index in [-0.39, 0.29) is 16.3 Å². The highest BCUT2D eigenvalue weighted by atomic mass is 32.2. The first kappa shape index (κ1) is 20.2. The van der Waals surface area contributed by atoms with E-state index in [9.17, 15) is 22.8 Å². The molecule has 144 valence electrons. The summed E-state index contributed by atoms with van der Waals surface area (Å²) in [5, 5.41) is 4.74. The second-order valence-corrected chi connectivity index (χ2v) is 7.58. The van der Waals surface area contributed by atoms with E-state index in [0.717, 1.165) is 6.26 Å². The standard InChI is InChI=1S/C17H18N2O7S/c1-11(18-16(21)13-7-5-9-25-13)17(22)26-10-15(20)19-12-6-3-4-8-14(12)27(2,23)24/h3-9,11H,10H2,1-2H3,(H,18,21)(H,19,20)/t11-/m0/s1. The molecule has 10 heteroatoms. The maximum atomic E-state index is 11.9. The maximum absolute atomic E-state index is 11.9. The van der Waals surface area contributed by atoms with Gasteiger partial charge in [-0.2, -0.15) is 0 Å². The van der Waals surface area contributed by atoms with Gasteiger partial charge in [0.15, 0.2) is 22.2 Å². The predicted molar refractivity (Wildman–Crippen MR) is 94.8 cm³/mol. The van der Waals surface area contributed by atoms with E-state index in [0.29, 0.717) is 0 Å². The number of anilines is 1. The Morgan fingerprint density at radius 1 is 1.15 bits per heavy atom. The summed E-state index contributed by atoms with van der Waals surface area (Å²) in [7, 11) is -3.54. The van der Waals surface area contributed by atoms with Gasteiger partial charge in [0, 0.05) is 6.26 Å². The van der Waals surface area contributed by atoms with Crippen molar-refractivity contribution in [2.45, 2.75) is 17.9 Å². The molecule has 0 spiro atoms. The van der Waals surface area contributed by atoms with E-state index in [1.165, 1.54) is 43.5 Å². The van der Waals surface area contributed by atoms with Crippen LogP contribution in [0.3, 0.4) is 0 Å². The number of rotatable bonds is 7. The van der Waals surface area contributed by atoms with Gasteiger partial charge in [-0.1, -0.05) is 12.1 Å². The summed E-state index contributed by atoms with van der Waals surface area (Å²) >= 11 is 0. The van der Waals surface area contributed by atoms with Crippen molar-refractivity contribution in [1.82, 2.24) is 5.32 Å². The Morgan fingerprint density at radius 2 is 1.85 bits per heavy atom. The lowest BCUT2D eigenvalue weighted by molar-refractivity contribution is -0.148. The molecule has 0 saturated carbocycles. The fraction of sp³-hybridized carbons (Fsp3) is 0.235. The molecule has 0 unspecified atom stereocenters. The molecule has 2 aromatic rings. The van der Waals surface area contributed by atoms with Gasteiger partial charge in [0.2, 0.25) is 0 Å². The van der Waals surface area contributed by atoms with Gasteiger partial charge < -0.3 is 19.8 Å². The highest BCUT2D eigenvalue weighted by Gasteiger charge is 2.21. The van der Waals surface area contributed by atoms with Gasteiger partial charge in [-0.15, -0.1) is 0 Å². The average molecular weight is 394 g/mol. The van der Waals surface area contributed by atoms with Crippen LogP contribution in [-0.4, -0.2) is 45.1 Å². The van der Waals surface area contributed by atoms with Crippen LogP contribution in [0.5, 0.6) is 0 Å². The van der Waals surface area contributed by atoms with Crippen LogP contribution < -0.4 is 10.6 Å². The Balaban J connectivity index is 1.88. The fourth-order valence-electron chi connectivity index (χ4n) is 2.08. The molecule has 2 amide bonds. The molecule has 27 heavy (non-hydrogen) atoms. The third kappa shape index (κ3) is 5.68. The molecule has 2 rings (SSSR count). The molecule has 1 aromatic carbocycles. The SMILES string of the molecule is C[C@H](NC(=O)c1ccco1)C(=O)OCC(=O)Nc1ccccc1S(C)(=O)=O. The van der Waals surface area contributed by atoms with Gasteiger partial charge in [0.1, 0.15) is 6.04 Å². The number of carbonyl (C=O) groups is 3. The Hall–Kier alpha value is -3.14. The number of para-hydroxylation sites is 1. The zero-order valence-corrected chi connectivity index (χ0v) is 15.4. The minimum atomic E-state index is -3.54. The van der Waals surface area contributed by atoms with Crippen molar-refractivity contribution in [2.24, 2.45) is 0 Å². The summed E-state index contributed by atoms with van der Waals surface area (Å²) in [6, 6.07) is 7.79. The molecular formula is C17H18N2O7S. The number of esters is 1.